The number of amides is 1. The van der Waals surface area contributed by atoms with Crippen LogP contribution in [0.1, 0.15) is 40.0 Å². The zero-order valence-corrected chi connectivity index (χ0v) is 10.3. The molecule has 0 aromatic carbocycles. The van der Waals surface area contributed by atoms with E-state index < -0.39 is 29.8 Å². The molecule has 1 fully saturated rings. The van der Waals surface area contributed by atoms with Crippen LogP contribution in [0.15, 0.2) is 0 Å². The Kier molecular flexibility index (Phi) is 3.96. The Morgan fingerprint density at radius 1 is 1.47 bits per heavy atom. The van der Waals surface area contributed by atoms with E-state index in [9.17, 15) is 18.7 Å². The van der Waals surface area contributed by atoms with E-state index >= 15 is 0 Å². The molecule has 1 amide bonds. The van der Waals surface area contributed by atoms with Crippen LogP contribution in [-0.4, -0.2) is 34.9 Å². The van der Waals surface area contributed by atoms with Crippen LogP contribution in [0.2, 0.25) is 0 Å². The van der Waals surface area contributed by atoms with E-state index in [1.807, 2.05) is 0 Å². The molecule has 0 saturated heterocycles. The first-order valence-electron chi connectivity index (χ1n) is 5.67. The topological polar surface area (TPSA) is 58.6 Å². The smallest absolute Gasteiger partial charge is 0.407 e. The third-order valence-corrected chi connectivity index (χ3v) is 2.54. The summed E-state index contributed by atoms with van der Waals surface area (Å²) in [4.78, 5) is 11.4. The van der Waals surface area contributed by atoms with E-state index in [1.165, 1.54) is 0 Å². The Balaban J connectivity index is 2.54. The lowest BCUT2D eigenvalue weighted by molar-refractivity contribution is -0.142. The number of aliphatic hydroxyl groups is 1. The summed E-state index contributed by atoms with van der Waals surface area (Å²) in [6, 6.07) is -0.950. The summed E-state index contributed by atoms with van der Waals surface area (Å²) >= 11 is 0. The van der Waals surface area contributed by atoms with Crippen LogP contribution in [0.25, 0.3) is 0 Å². The van der Waals surface area contributed by atoms with Gasteiger partial charge in [0.1, 0.15) is 11.7 Å². The van der Waals surface area contributed by atoms with Crippen molar-refractivity contribution in [2.75, 3.05) is 0 Å². The van der Waals surface area contributed by atoms with Crippen molar-refractivity contribution in [1.82, 2.24) is 5.32 Å². The molecule has 1 saturated carbocycles. The summed E-state index contributed by atoms with van der Waals surface area (Å²) < 4.78 is 31.3. The molecule has 0 aromatic heterocycles. The minimum absolute atomic E-state index is 0.268. The molecule has 1 rings (SSSR count). The summed E-state index contributed by atoms with van der Waals surface area (Å²) in [5.41, 5.74) is -0.688. The Labute approximate surface area is 99.3 Å². The molecule has 100 valence electrons. The zero-order chi connectivity index (χ0) is 13.3. The quantitative estimate of drug-likeness (QED) is 0.750. The fourth-order valence-electron chi connectivity index (χ4n) is 1.77. The minimum atomic E-state index is -3.14. The highest BCUT2D eigenvalue weighted by atomic mass is 19.3. The second kappa shape index (κ2) is 4.76. The van der Waals surface area contributed by atoms with Gasteiger partial charge in [-0.3, -0.25) is 0 Å². The van der Waals surface area contributed by atoms with Crippen LogP contribution in [-0.2, 0) is 4.74 Å². The molecule has 0 aromatic rings. The Morgan fingerprint density at radius 3 is 2.59 bits per heavy atom. The number of ether oxygens (including phenoxy) is 1. The molecular weight excluding hydrogens is 232 g/mol. The maximum Gasteiger partial charge on any atom is 0.407 e. The molecule has 0 heterocycles. The van der Waals surface area contributed by atoms with E-state index in [2.05, 4.69) is 5.32 Å². The van der Waals surface area contributed by atoms with Crippen molar-refractivity contribution in [1.29, 1.82) is 0 Å². The van der Waals surface area contributed by atoms with E-state index in [0.717, 1.165) is 0 Å². The number of halogens is 2. The second-order valence-electron chi connectivity index (χ2n) is 5.35. The highest BCUT2D eigenvalue weighted by molar-refractivity contribution is 5.68. The van der Waals surface area contributed by atoms with Gasteiger partial charge < -0.3 is 15.2 Å². The number of alkyl halides is 2. The van der Waals surface area contributed by atoms with Gasteiger partial charge in [-0.05, 0) is 33.6 Å². The number of rotatable bonds is 1. The average molecular weight is 251 g/mol. The lowest BCUT2D eigenvalue weighted by Gasteiger charge is -2.35. The number of carbonyl (C=O) groups excluding carboxylic acids is 1. The molecule has 0 unspecified atom stereocenters. The molecule has 17 heavy (non-hydrogen) atoms. The van der Waals surface area contributed by atoms with Gasteiger partial charge in [0, 0.05) is 6.42 Å². The Morgan fingerprint density at radius 2 is 2.06 bits per heavy atom. The molecule has 4 nitrogen and oxygen atoms in total. The van der Waals surface area contributed by atoms with Crippen molar-refractivity contribution < 1.29 is 23.4 Å². The highest BCUT2D eigenvalue weighted by Crippen LogP contribution is 2.33. The van der Waals surface area contributed by atoms with Gasteiger partial charge in [-0.1, -0.05) is 0 Å². The van der Waals surface area contributed by atoms with Crippen molar-refractivity contribution in [2.45, 2.75) is 63.7 Å². The van der Waals surface area contributed by atoms with Crippen molar-refractivity contribution in [3.63, 3.8) is 0 Å². The van der Waals surface area contributed by atoms with Crippen molar-refractivity contribution >= 4 is 6.09 Å². The van der Waals surface area contributed by atoms with Crippen molar-refractivity contribution in [3.8, 4) is 0 Å². The highest BCUT2D eigenvalue weighted by Gasteiger charge is 2.46. The number of carbonyl (C=O) groups is 1. The maximum atomic E-state index is 13.2. The third-order valence-electron chi connectivity index (χ3n) is 2.54. The average Bonchev–Trinajstić information content (AvgIpc) is 2.09. The lowest BCUT2D eigenvalue weighted by Crippen LogP contribution is -2.54. The van der Waals surface area contributed by atoms with Crippen LogP contribution in [0.3, 0.4) is 0 Å². The van der Waals surface area contributed by atoms with Gasteiger partial charge >= 0.3 is 6.09 Å². The maximum absolute atomic E-state index is 13.2. The molecule has 0 spiro atoms. The fraction of sp³-hybridized carbons (Fsp3) is 0.909. The predicted molar refractivity (Wildman–Crippen MR) is 58.0 cm³/mol. The molecule has 0 bridgehead atoms. The van der Waals surface area contributed by atoms with Gasteiger partial charge in [0.15, 0.2) is 0 Å². The first-order valence-corrected chi connectivity index (χ1v) is 5.67. The van der Waals surface area contributed by atoms with Gasteiger partial charge in [-0.25, -0.2) is 13.6 Å². The van der Waals surface area contributed by atoms with Gasteiger partial charge in [0.05, 0.1) is 6.04 Å². The van der Waals surface area contributed by atoms with Crippen LogP contribution in [0, 0.1) is 0 Å². The van der Waals surface area contributed by atoms with Crippen LogP contribution < -0.4 is 5.32 Å². The van der Waals surface area contributed by atoms with Crippen LogP contribution >= 0.6 is 0 Å². The number of aliphatic hydroxyl groups excluding tert-OH is 1. The zero-order valence-electron chi connectivity index (χ0n) is 10.3. The number of alkyl carbamates (subject to hydrolysis) is 1. The SMILES string of the molecule is CC(C)(C)OC(=O)N[C@H]1CCCC(F)(F)[C@@H]1O. The fourth-order valence-corrected chi connectivity index (χ4v) is 1.77. The van der Waals surface area contributed by atoms with Crippen molar-refractivity contribution in [3.05, 3.63) is 0 Å². The second-order valence-corrected chi connectivity index (χ2v) is 5.35. The van der Waals surface area contributed by atoms with Gasteiger partial charge in [0.2, 0.25) is 0 Å². The van der Waals surface area contributed by atoms with E-state index in [-0.39, 0.29) is 12.8 Å². The standard InChI is InChI=1S/C11H19F2NO3/c1-10(2,3)17-9(16)14-7-5-4-6-11(12,13)8(7)15/h7-8,15H,4-6H2,1-3H3,(H,14,16)/t7-,8+/m0/s1. The molecule has 6 heteroatoms. The molecule has 0 aliphatic heterocycles. The molecule has 0 radical (unpaired) electrons. The Hall–Kier alpha value is -0.910. The van der Waals surface area contributed by atoms with E-state index in [0.29, 0.717) is 6.42 Å². The largest absolute Gasteiger partial charge is 0.444 e. The van der Waals surface area contributed by atoms with Gasteiger partial charge in [-0.15, -0.1) is 0 Å². The van der Waals surface area contributed by atoms with Gasteiger partial charge in [0.25, 0.3) is 5.92 Å². The molecule has 2 N–H and O–H groups in total. The predicted octanol–water partition coefficient (Wildman–Crippen LogP) is 2.06. The number of hydrogen-bond donors (Lipinski definition) is 2. The monoisotopic (exact) mass is 251 g/mol. The van der Waals surface area contributed by atoms with Crippen LogP contribution in [0.5, 0.6) is 0 Å². The van der Waals surface area contributed by atoms with Crippen LogP contribution in [0.4, 0.5) is 13.6 Å². The number of hydrogen-bond acceptors (Lipinski definition) is 3. The first-order chi connectivity index (χ1) is 7.62. The summed E-state index contributed by atoms with van der Waals surface area (Å²) in [5.74, 6) is -3.14. The first kappa shape index (κ1) is 14.2. The van der Waals surface area contributed by atoms with E-state index in [4.69, 9.17) is 4.74 Å². The summed E-state index contributed by atoms with van der Waals surface area (Å²) in [5, 5.41) is 11.7. The minimum Gasteiger partial charge on any atom is -0.444 e. The van der Waals surface area contributed by atoms with Crippen molar-refractivity contribution in [2.24, 2.45) is 0 Å². The summed E-state index contributed by atoms with van der Waals surface area (Å²) in [6.45, 7) is 5.04. The summed E-state index contributed by atoms with van der Waals surface area (Å²) in [7, 11) is 0. The number of nitrogens with one attached hydrogen (secondary N) is 1. The summed E-state index contributed by atoms with van der Waals surface area (Å²) in [6.07, 6.45) is -2.37. The lowest BCUT2D eigenvalue weighted by atomic mass is 9.89. The molecule has 2 atom stereocenters. The van der Waals surface area contributed by atoms with E-state index in [1.54, 1.807) is 20.8 Å². The third kappa shape index (κ3) is 4.11. The molecule has 1 aliphatic rings. The normalized spacial score (nSPS) is 28.6. The molecule has 1 aliphatic carbocycles. The van der Waals surface area contributed by atoms with Gasteiger partial charge in [-0.2, -0.15) is 0 Å². The Bertz CT molecular complexity index is 289. The molecular formula is C11H19F2NO3.